The van der Waals surface area contributed by atoms with Gasteiger partial charge in [-0.05, 0) is 36.5 Å². The van der Waals surface area contributed by atoms with Crippen LogP contribution in [0.1, 0.15) is 67.9 Å². The van der Waals surface area contributed by atoms with E-state index >= 15 is 0 Å². The average molecular weight is 433 g/mol. The number of para-hydroxylation sites is 1. The van der Waals surface area contributed by atoms with E-state index in [1.807, 2.05) is 60.7 Å². The fourth-order valence-electron chi connectivity index (χ4n) is 4.08. The van der Waals surface area contributed by atoms with E-state index in [4.69, 9.17) is 5.11 Å². The molecule has 1 aromatic heterocycles. The van der Waals surface area contributed by atoms with Gasteiger partial charge in [0.1, 0.15) is 0 Å². The van der Waals surface area contributed by atoms with Crippen LogP contribution in [0, 0.1) is 0 Å². The number of nitrogens with zero attached hydrogens (tertiary/aromatic N) is 1. The Balaban J connectivity index is 1.88. The van der Waals surface area contributed by atoms with Gasteiger partial charge >= 0.3 is 5.97 Å². The van der Waals surface area contributed by atoms with Gasteiger partial charge in [-0.1, -0.05) is 75.2 Å². The molecule has 0 saturated heterocycles. The summed E-state index contributed by atoms with van der Waals surface area (Å²) in [6, 6.07) is 19.6. The van der Waals surface area contributed by atoms with Gasteiger partial charge in [-0.15, -0.1) is 0 Å². The normalized spacial score (nSPS) is 11.0. The lowest BCUT2D eigenvalue weighted by Gasteiger charge is -2.15. The number of anilines is 1. The lowest BCUT2D eigenvalue weighted by Crippen LogP contribution is -2.16. The standard InChI is InChI=1S/C27H32N2O3/c1-20(2)26-25(27(32)28-22-15-9-6-10-16-22)23(21-13-7-5-8-14-21)19-29(26)18-12-4-3-11-17-24(30)31/h5-10,13-16,19-20H,3-4,11-12,17-18H2,1-2H3,(H,28,32)(H,30,31). The van der Waals surface area contributed by atoms with Gasteiger partial charge in [0.25, 0.3) is 5.91 Å². The van der Waals surface area contributed by atoms with Crippen LogP contribution in [0.4, 0.5) is 5.69 Å². The fourth-order valence-corrected chi connectivity index (χ4v) is 4.08. The van der Waals surface area contributed by atoms with Crippen molar-refractivity contribution < 1.29 is 14.7 Å². The first kappa shape index (κ1) is 23.3. The molecule has 2 N–H and O–H groups in total. The van der Waals surface area contributed by atoms with Gasteiger partial charge in [0.15, 0.2) is 0 Å². The number of carbonyl (C=O) groups is 2. The van der Waals surface area contributed by atoms with Crippen LogP contribution in [-0.4, -0.2) is 21.6 Å². The fraction of sp³-hybridized carbons (Fsp3) is 0.333. The van der Waals surface area contributed by atoms with Crippen molar-refractivity contribution in [2.45, 2.75) is 58.4 Å². The van der Waals surface area contributed by atoms with Gasteiger partial charge in [-0.2, -0.15) is 0 Å². The van der Waals surface area contributed by atoms with E-state index in [2.05, 4.69) is 29.9 Å². The van der Waals surface area contributed by atoms with Gasteiger partial charge in [0.05, 0.1) is 5.56 Å². The van der Waals surface area contributed by atoms with Gasteiger partial charge < -0.3 is 15.0 Å². The Morgan fingerprint density at radius 1 is 0.906 bits per heavy atom. The first-order valence-corrected chi connectivity index (χ1v) is 11.3. The van der Waals surface area contributed by atoms with Crippen LogP contribution in [0.3, 0.4) is 0 Å². The van der Waals surface area contributed by atoms with Crippen LogP contribution in [0.5, 0.6) is 0 Å². The summed E-state index contributed by atoms with van der Waals surface area (Å²) in [6.45, 7) is 5.04. The molecule has 3 rings (SSSR count). The third-order valence-corrected chi connectivity index (χ3v) is 5.55. The molecule has 0 spiro atoms. The number of carbonyl (C=O) groups excluding carboxylic acids is 1. The maximum atomic E-state index is 13.4. The molecule has 32 heavy (non-hydrogen) atoms. The van der Waals surface area contributed by atoms with Gasteiger partial charge in [0.2, 0.25) is 0 Å². The summed E-state index contributed by atoms with van der Waals surface area (Å²) in [5.74, 6) is -0.658. The zero-order valence-corrected chi connectivity index (χ0v) is 18.9. The highest BCUT2D eigenvalue weighted by atomic mass is 16.4. The van der Waals surface area contributed by atoms with Crippen molar-refractivity contribution in [1.29, 1.82) is 0 Å². The molecule has 0 fully saturated rings. The number of carboxylic acid groups (broad SMARTS) is 1. The minimum Gasteiger partial charge on any atom is -0.481 e. The molecule has 0 aliphatic heterocycles. The second-order valence-corrected chi connectivity index (χ2v) is 8.40. The molecule has 1 amide bonds. The zero-order chi connectivity index (χ0) is 22.9. The number of aliphatic carboxylic acids is 1. The van der Waals surface area contributed by atoms with Gasteiger partial charge in [-0.3, -0.25) is 9.59 Å². The van der Waals surface area contributed by atoms with Crippen molar-refractivity contribution >= 4 is 17.6 Å². The third kappa shape index (κ3) is 6.10. The number of hydrogen-bond acceptors (Lipinski definition) is 2. The lowest BCUT2D eigenvalue weighted by molar-refractivity contribution is -0.137. The maximum Gasteiger partial charge on any atom is 0.303 e. The number of aromatic nitrogens is 1. The Morgan fingerprint density at radius 2 is 1.53 bits per heavy atom. The summed E-state index contributed by atoms with van der Waals surface area (Å²) >= 11 is 0. The van der Waals surface area contributed by atoms with E-state index in [0.29, 0.717) is 6.42 Å². The van der Waals surface area contributed by atoms with E-state index in [9.17, 15) is 9.59 Å². The van der Waals surface area contributed by atoms with Crippen molar-refractivity contribution in [3.8, 4) is 11.1 Å². The predicted molar refractivity (Wildman–Crippen MR) is 129 cm³/mol. The van der Waals surface area contributed by atoms with Crippen LogP contribution in [0.25, 0.3) is 11.1 Å². The summed E-state index contributed by atoms with van der Waals surface area (Å²) in [6.07, 6.45) is 5.84. The highest BCUT2D eigenvalue weighted by Gasteiger charge is 2.24. The van der Waals surface area contributed by atoms with Crippen molar-refractivity contribution in [2.75, 3.05) is 5.32 Å². The molecule has 0 aliphatic rings. The molecule has 0 atom stereocenters. The summed E-state index contributed by atoms with van der Waals surface area (Å²) < 4.78 is 2.21. The number of rotatable bonds is 11. The van der Waals surface area contributed by atoms with Gasteiger partial charge in [0, 0.05) is 36.1 Å². The summed E-state index contributed by atoms with van der Waals surface area (Å²) in [4.78, 5) is 24.1. The molecule has 0 radical (unpaired) electrons. The minimum absolute atomic E-state index is 0.0982. The topological polar surface area (TPSA) is 71.3 Å². The zero-order valence-electron chi connectivity index (χ0n) is 18.9. The smallest absolute Gasteiger partial charge is 0.303 e. The number of amides is 1. The summed E-state index contributed by atoms with van der Waals surface area (Å²) in [7, 11) is 0. The molecule has 0 aliphatic carbocycles. The Kier molecular flexibility index (Phi) is 8.26. The molecule has 5 heteroatoms. The second-order valence-electron chi connectivity index (χ2n) is 8.40. The van der Waals surface area contributed by atoms with Crippen molar-refractivity contribution in [2.24, 2.45) is 0 Å². The Morgan fingerprint density at radius 3 is 2.16 bits per heavy atom. The molecule has 2 aromatic carbocycles. The van der Waals surface area contributed by atoms with E-state index < -0.39 is 5.97 Å². The molecule has 5 nitrogen and oxygen atoms in total. The van der Waals surface area contributed by atoms with Crippen molar-refractivity contribution in [3.63, 3.8) is 0 Å². The minimum atomic E-state index is -0.737. The lowest BCUT2D eigenvalue weighted by atomic mass is 9.98. The highest BCUT2D eigenvalue weighted by molar-refractivity contribution is 6.10. The largest absolute Gasteiger partial charge is 0.481 e. The van der Waals surface area contributed by atoms with Crippen molar-refractivity contribution in [3.05, 3.63) is 78.1 Å². The SMILES string of the molecule is CC(C)c1c(C(=O)Nc2ccccc2)c(-c2ccccc2)cn1CCCCCCC(=O)O. The number of aryl methyl sites for hydroxylation is 1. The first-order valence-electron chi connectivity index (χ1n) is 11.3. The molecule has 3 aromatic rings. The highest BCUT2D eigenvalue weighted by Crippen LogP contribution is 2.33. The summed E-state index contributed by atoms with van der Waals surface area (Å²) in [5.41, 5.74) is 4.49. The third-order valence-electron chi connectivity index (χ3n) is 5.55. The summed E-state index contributed by atoms with van der Waals surface area (Å²) in [5, 5.41) is 11.9. The van der Waals surface area contributed by atoms with E-state index in [1.165, 1.54) is 0 Å². The number of hydrogen-bond donors (Lipinski definition) is 2. The maximum absolute atomic E-state index is 13.4. The Hall–Kier alpha value is -3.34. The molecule has 1 heterocycles. The monoisotopic (exact) mass is 432 g/mol. The number of benzene rings is 2. The molecule has 0 bridgehead atoms. The van der Waals surface area contributed by atoms with E-state index in [1.54, 1.807) is 0 Å². The predicted octanol–water partition coefficient (Wildman–Crippen LogP) is 6.57. The quantitative estimate of drug-likeness (QED) is 0.337. The number of unbranched alkanes of at least 4 members (excludes halogenated alkanes) is 3. The molecular weight excluding hydrogens is 400 g/mol. The van der Waals surface area contributed by atoms with Crippen LogP contribution in [-0.2, 0) is 11.3 Å². The molecule has 0 saturated carbocycles. The Labute approximate surface area is 190 Å². The first-order chi connectivity index (χ1) is 15.5. The molecule has 0 unspecified atom stereocenters. The van der Waals surface area contributed by atoms with Crippen LogP contribution in [0.2, 0.25) is 0 Å². The van der Waals surface area contributed by atoms with Crippen molar-refractivity contribution in [1.82, 2.24) is 4.57 Å². The molecular formula is C27H32N2O3. The van der Waals surface area contributed by atoms with E-state index in [0.717, 1.165) is 53.9 Å². The molecule has 168 valence electrons. The number of nitrogens with one attached hydrogen (secondary N) is 1. The van der Waals surface area contributed by atoms with Crippen LogP contribution < -0.4 is 5.32 Å². The average Bonchev–Trinajstić information content (AvgIpc) is 3.17. The number of carboxylic acids is 1. The Bertz CT molecular complexity index is 1020. The second kappa shape index (κ2) is 11.3. The van der Waals surface area contributed by atoms with Crippen LogP contribution in [0.15, 0.2) is 66.9 Å². The van der Waals surface area contributed by atoms with Crippen LogP contribution >= 0.6 is 0 Å². The van der Waals surface area contributed by atoms with Gasteiger partial charge in [-0.25, -0.2) is 0 Å². The van der Waals surface area contributed by atoms with E-state index in [-0.39, 0.29) is 18.2 Å².